The van der Waals surface area contributed by atoms with Crippen molar-refractivity contribution in [2.75, 3.05) is 13.3 Å². The highest BCUT2D eigenvalue weighted by Gasteiger charge is 2.59. The van der Waals surface area contributed by atoms with E-state index in [1.54, 1.807) is 0 Å². The summed E-state index contributed by atoms with van der Waals surface area (Å²) in [5.41, 5.74) is 0.403. The highest BCUT2D eigenvalue weighted by molar-refractivity contribution is 7.63. The molecule has 0 saturated heterocycles. The minimum absolute atomic E-state index is 0.340. The molecule has 4 rings (SSSR count). The Morgan fingerprint density at radius 3 is 2.29 bits per heavy atom. The highest BCUT2D eigenvalue weighted by Crippen LogP contribution is 2.69. The normalized spacial score (nSPS) is 54.7. The van der Waals surface area contributed by atoms with Crippen LogP contribution in [-0.4, -0.2) is 29.7 Å². The minimum Gasteiger partial charge on any atom is -0.390 e. The maximum atomic E-state index is 12.9. The standard InChI is InChI=1S/C21H37O2P/c1-20(22)11-9-15-14(13-20)5-6-17-16(15)10-12-21(2)18(17)7-8-19(21)24(3,4)23/h14-19,22H,5-13H2,1-4H3/t14-,15+,16-,17-,18+,19+,20-,21+/m1/s1. The van der Waals surface area contributed by atoms with Gasteiger partial charge < -0.3 is 9.67 Å². The van der Waals surface area contributed by atoms with E-state index in [0.29, 0.717) is 11.1 Å². The zero-order valence-electron chi connectivity index (χ0n) is 16.1. The van der Waals surface area contributed by atoms with Crippen molar-refractivity contribution in [3.8, 4) is 0 Å². The van der Waals surface area contributed by atoms with Crippen LogP contribution in [0.4, 0.5) is 0 Å². The van der Waals surface area contributed by atoms with Crippen molar-refractivity contribution in [3.63, 3.8) is 0 Å². The summed E-state index contributed by atoms with van der Waals surface area (Å²) in [6.07, 6.45) is 11.2. The lowest BCUT2D eigenvalue weighted by Gasteiger charge is -2.57. The van der Waals surface area contributed by atoms with Crippen molar-refractivity contribution < 1.29 is 9.67 Å². The molecule has 0 amide bonds. The minimum atomic E-state index is -1.99. The third kappa shape index (κ3) is 2.66. The van der Waals surface area contributed by atoms with Gasteiger partial charge in [0, 0.05) is 5.66 Å². The summed E-state index contributed by atoms with van der Waals surface area (Å²) >= 11 is 0. The zero-order valence-corrected chi connectivity index (χ0v) is 17.0. The molecule has 24 heavy (non-hydrogen) atoms. The van der Waals surface area contributed by atoms with Crippen molar-refractivity contribution in [1.29, 1.82) is 0 Å². The Morgan fingerprint density at radius 2 is 1.58 bits per heavy atom. The first-order valence-corrected chi connectivity index (χ1v) is 13.1. The first-order chi connectivity index (χ1) is 11.1. The van der Waals surface area contributed by atoms with Crippen LogP contribution < -0.4 is 0 Å². The average Bonchev–Trinajstić information content (AvgIpc) is 2.83. The summed E-state index contributed by atoms with van der Waals surface area (Å²) in [5, 5.41) is 10.5. The molecule has 3 heteroatoms. The number of rotatable bonds is 1. The topological polar surface area (TPSA) is 37.3 Å². The average molecular weight is 352 g/mol. The largest absolute Gasteiger partial charge is 0.390 e. The van der Waals surface area contributed by atoms with Gasteiger partial charge >= 0.3 is 0 Å². The third-order valence-electron chi connectivity index (χ3n) is 8.94. The van der Waals surface area contributed by atoms with E-state index in [1.807, 2.05) is 13.3 Å². The number of aliphatic hydroxyl groups is 1. The van der Waals surface area contributed by atoms with Crippen molar-refractivity contribution in [3.05, 3.63) is 0 Å². The quantitative estimate of drug-likeness (QED) is 0.643. The second-order valence-electron chi connectivity index (χ2n) is 10.7. The molecule has 4 aliphatic rings. The first kappa shape index (κ1) is 17.6. The Kier molecular flexibility index (Phi) is 4.10. The molecule has 4 saturated carbocycles. The molecule has 0 unspecified atom stereocenters. The molecule has 138 valence electrons. The van der Waals surface area contributed by atoms with Gasteiger partial charge in [0.05, 0.1) is 12.7 Å². The fourth-order valence-electron chi connectivity index (χ4n) is 8.08. The van der Waals surface area contributed by atoms with Crippen LogP contribution in [0.3, 0.4) is 0 Å². The molecule has 0 radical (unpaired) electrons. The van der Waals surface area contributed by atoms with Crippen LogP contribution in [0.5, 0.6) is 0 Å². The second kappa shape index (κ2) is 5.59. The molecule has 0 spiro atoms. The van der Waals surface area contributed by atoms with Crippen molar-refractivity contribution in [2.24, 2.45) is 35.0 Å². The van der Waals surface area contributed by atoms with Crippen LogP contribution in [-0.2, 0) is 4.57 Å². The van der Waals surface area contributed by atoms with Gasteiger partial charge in [0.1, 0.15) is 0 Å². The molecule has 2 nitrogen and oxygen atoms in total. The van der Waals surface area contributed by atoms with Gasteiger partial charge in [-0.3, -0.25) is 0 Å². The SMILES string of the molecule is C[C@@]1(O)CC[C@H]2[C@H](CC[C@@H]3[C@@H]2CC[C@@]2(C)[C@H]3CC[C@@H]2P(C)(C)=O)C1. The van der Waals surface area contributed by atoms with Gasteiger partial charge in [-0.25, -0.2) is 0 Å². The van der Waals surface area contributed by atoms with Crippen LogP contribution in [0, 0.1) is 35.0 Å². The summed E-state index contributed by atoms with van der Waals surface area (Å²) in [6.45, 7) is 8.62. The van der Waals surface area contributed by atoms with Gasteiger partial charge in [-0.1, -0.05) is 6.92 Å². The first-order valence-electron chi connectivity index (χ1n) is 10.4. The van der Waals surface area contributed by atoms with Crippen LogP contribution in [0.1, 0.15) is 71.6 Å². The summed E-state index contributed by atoms with van der Waals surface area (Å²) in [7, 11) is -1.99. The molecular weight excluding hydrogens is 315 g/mol. The molecule has 1 N–H and O–H groups in total. The Hall–Kier alpha value is 0.190. The van der Waals surface area contributed by atoms with Crippen molar-refractivity contribution >= 4 is 7.14 Å². The van der Waals surface area contributed by atoms with E-state index in [4.69, 9.17) is 0 Å². The molecular formula is C21H37O2P. The molecule has 0 bridgehead atoms. The summed E-state index contributed by atoms with van der Waals surface area (Å²) in [5.74, 6) is 4.22. The summed E-state index contributed by atoms with van der Waals surface area (Å²) in [6, 6.07) is 0. The van der Waals surface area contributed by atoms with Crippen LogP contribution in [0.2, 0.25) is 0 Å². The molecule has 0 aromatic heterocycles. The van der Waals surface area contributed by atoms with Gasteiger partial charge in [-0.2, -0.15) is 0 Å². The lowest BCUT2D eigenvalue weighted by molar-refractivity contribution is -0.0934. The Labute approximate surface area is 148 Å². The Morgan fingerprint density at radius 1 is 0.875 bits per heavy atom. The number of hydrogen-bond acceptors (Lipinski definition) is 2. The number of fused-ring (bicyclic) bond motifs is 5. The smallest absolute Gasteiger partial charge is 0.0853 e. The van der Waals surface area contributed by atoms with E-state index in [-0.39, 0.29) is 0 Å². The Balaban J connectivity index is 1.56. The van der Waals surface area contributed by atoms with Gasteiger partial charge in [-0.05, 0) is 113 Å². The summed E-state index contributed by atoms with van der Waals surface area (Å²) < 4.78 is 12.9. The summed E-state index contributed by atoms with van der Waals surface area (Å²) in [4.78, 5) is 0. The predicted molar refractivity (Wildman–Crippen MR) is 101 cm³/mol. The third-order valence-corrected chi connectivity index (χ3v) is 11.3. The molecule has 0 aromatic rings. The van der Waals surface area contributed by atoms with Gasteiger partial charge in [0.25, 0.3) is 0 Å². The molecule has 0 aromatic carbocycles. The van der Waals surface area contributed by atoms with Crippen LogP contribution in [0.15, 0.2) is 0 Å². The second-order valence-corrected chi connectivity index (χ2v) is 14.2. The highest BCUT2D eigenvalue weighted by atomic mass is 31.2. The molecule has 4 aliphatic carbocycles. The van der Waals surface area contributed by atoms with E-state index >= 15 is 0 Å². The lowest BCUT2D eigenvalue weighted by Crippen LogP contribution is -2.51. The van der Waals surface area contributed by atoms with Crippen molar-refractivity contribution in [2.45, 2.75) is 82.9 Å². The van der Waals surface area contributed by atoms with E-state index < -0.39 is 12.7 Å². The maximum absolute atomic E-state index is 12.9. The molecule has 4 fully saturated rings. The van der Waals surface area contributed by atoms with Gasteiger partial charge in [0.15, 0.2) is 0 Å². The number of hydrogen-bond donors (Lipinski definition) is 1. The molecule has 8 atom stereocenters. The van der Waals surface area contributed by atoms with E-state index in [2.05, 4.69) is 13.8 Å². The van der Waals surface area contributed by atoms with E-state index in [1.165, 1.54) is 44.9 Å². The fourth-order valence-corrected chi connectivity index (χ4v) is 10.6. The lowest BCUT2D eigenvalue weighted by atomic mass is 9.50. The maximum Gasteiger partial charge on any atom is 0.0853 e. The van der Waals surface area contributed by atoms with Gasteiger partial charge in [-0.15, -0.1) is 0 Å². The van der Waals surface area contributed by atoms with Crippen molar-refractivity contribution in [1.82, 2.24) is 0 Å². The van der Waals surface area contributed by atoms with E-state index in [9.17, 15) is 9.67 Å². The van der Waals surface area contributed by atoms with Crippen LogP contribution in [0.25, 0.3) is 0 Å². The zero-order chi connectivity index (χ0) is 17.3. The van der Waals surface area contributed by atoms with Crippen LogP contribution >= 0.6 is 7.14 Å². The fraction of sp³-hybridized carbons (Fsp3) is 1.00. The van der Waals surface area contributed by atoms with Gasteiger partial charge in [0.2, 0.25) is 0 Å². The molecule has 0 heterocycles. The predicted octanol–water partition coefficient (Wildman–Crippen LogP) is 5.38. The van der Waals surface area contributed by atoms with E-state index in [0.717, 1.165) is 42.4 Å². The monoisotopic (exact) mass is 352 g/mol. The molecule has 0 aliphatic heterocycles. The Bertz CT molecular complexity index is 550.